The van der Waals surface area contributed by atoms with Crippen LogP contribution in [0.2, 0.25) is 0 Å². The van der Waals surface area contributed by atoms with Gasteiger partial charge in [0.05, 0.1) is 6.61 Å². The van der Waals surface area contributed by atoms with Gasteiger partial charge in [-0.05, 0) is 13.0 Å². The molecule has 3 N–H and O–H groups in total. The number of alkyl halides is 2. The fourth-order valence-corrected chi connectivity index (χ4v) is 2.75. The lowest BCUT2D eigenvalue weighted by atomic mass is 9.97. The first-order valence-corrected chi connectivity index (χ1v) is 7.39. The zero-order chi connectivity index (χ0) is 16.2. The smallest absolute Gasteiger partial charge is 0.290 e. The van der Waals surface area contributed by atoms with Crippen LogP contribution in [0.15, 0.2) is 18.2 Å². The molecule has 2 rings (SSSR count). The van der Waals surface area contributed by atoms with Crippen molar-refractivity contribution in [3.05, 3.63) is 23.8 Å². The first-order chi connectivity index (χ1) is 10.5. The van der Waals surface area contributed by atoms with Crippen molar-refractivity contribution in [1.82, 2.24) is 10.2 Å². The number of phenols is 1. The van der Waals surface area contributed by atoms with Crippen molar-refractivity contribution < 1.29 is 23.7 Å². The molecule has 1 saturated heterocycles. The van der Waals surface area contributed by atoms with Crippen molar-refractivity contribution in [2.45, 2.75) is 18.9 Å². The van der Waals surface area contributed by atoms with Gasteiger partial charge >= 0.3 is 0 Å². The van der Waals surface area contributed by atoms with Crippen molar-refractivity contribution in [2.75, 3.05) is 39.4 Å². The first kappa shape index (κ1) is 19.9. The molecule has 1 heterocycles. The largest absolute Gasteiger partial charge is 0.504 e. The summed E-state index contributed by atoms with van der Waals surface area (Å²) in [6.07, 6.45) is 0. The summed E-state index contributed by atoms with van der Waals surface area (Å²) >= 11 is 0. The third kappa shape index (κ3) is 4.44. The Kier molecular flexibility index (Phi) is 7.47. The van der Waals surface area contributed by atoms with Crippen LogP contribution in [0.3, 0.4) is 0 Å². The second-order valence-electron chi connectivity index (χ2n) is 5.23. The zero-order valence-corrected chi connectivity index (χ0v) is 13.8. The summed E-state index contributed by atoms with van der Waals surface area (Å²) in [6.45, 7) is 2.80. The number of aliphatic hydroxyl groups excluding tert-OH is 1. The second kappa shape index (κ2) is 8.63. The number of halogens is 3. The highest BCUT2D eigenvalue weighted by Crippen LogP contribution is 2.43. The molecule has 23 heavy (non-hydrogen) atoms. The molecule has 0 aliphatic carbocycles. The van der Waals surface area contributed by atoms with Crippen LogP contribution in [0.4, 0.5) is 8.78 Å². The van der Waals surface area contributed by atoms with Gasteiger partial charge in [-0.2, -0.15) is 0 Å². The molecule has 0 saturated carbocycles. The van der Waals surface area contributed by atoms with E-state index in [-0.39, 0.29) is 29.5 Å². The number of phenolic OH excluding ortho intramolecular Hbond substituents is 1. The Bertz CT molecular complexity index is 500. The number of nitrogens with zero attached hydrogens (tertiary/aromatic N) is 1. The van der Waals surface area contributed by atoms with Crippen LogP contribution in [-0.2, 0) is 0 Å². The number of ether oxygens (including phenoxy) is 1. The lowest BCUT2D eigenvalue weighted by Gasteiger charge is -2.39. The number of piperazine rings is 1. The lowest BCUT2D eigenvalue weighted by molar-refractivity contribution is -0.119. The predicted octanol–water partition coefficient (Wildman–Crippen LogP) is 1.79. The monoisotopic (exact) mass is 352 g/mol. The van der Waals surface area contributed by atoms with E-state index in [4.69, 9.17) is 9.84 Å². The van der Waals surface area contributed by atoms with Crippen molar-refractivity contribution in [3.8, 4) is 11.5 Å². The van der Waals surface area contributed by atoms with Gasteiger partial charge in [0.15, 0.2) is 11.5 Å². The third-order valence-electron chi connectivity index (χ3n) is 3.75. The number of nitrogens with one attached hydrogen (secondary N) is 1. The van der Waals surface area contributed by atoms with E-state index in [1.54, 1.807) is 17.9 Å². The Morgan fingerprint density at radius 3 is 2.57 bits per heavy atom. The number of aliphatic hydroxyl groups is 1. The lowest BCUT2D eigenvalue weighted by Crippen LogP contribution is -2.51. The molecule has 1 fully saturated rings. The minimum absolute atomic E-state index is 0. The molecule has 0 radical (unpaired) electrons. The molecule has 0 aromatic heterocycles. The molecule has 0 unspecified atom stereocenters. The summed E-state index contributed by atoms with van der Waals surface area (Å²) in [5.41, 5.74) is 0.0758. The molecule has 1 aromatic rings. The van der Waals surface area contributed by atoms with E-state index in [9.17, 15) is 13.9 Å². The van der Waals surface area contributed by atoms with Gasteiger partial charge in [0, 0.05) is 31.7 Å². The Labute approximate surface area is 140 Å². The molecule has 1 aromatic carbocycles. The van der Waals surface area contributed by atoms with Gasteiger partial charge in [0.25, 0.3) is 5.92 Å². The highest BCUT2D eigenvalue weighted by atomic mass is 35.5. The summed E-state index contributed by atoms with van der Waals surface area (Å²) in [7, 11) is 0. The normalized spacial score (nSPS) is 17.4. The Hall–Kier alpha value is -1.15. The number of benzene rings is 1. The van der Waals surface area contributed by atoms with Gasteiger partial charge in [-0.15, -0.1) is 12.4 Å². The van der Waals surface area contributed by atoms with E-state index < -0.39 is 18.6 Å². The fourth-order valence-electron chi connectivity index (χ4n) is 2.75. The van der Waals surface area contributed by atoms with E-state index in [1.807, 2.05) is 0 Å². The summed E-state index contributed by atoms with van der Waals surface area (Å²) in [5, 5.41) is 22.5. The van der Waals surface area contributed by atoms with Gasteiger partial charge in [-0.3, -0.25) is 4.90 Å². The predicted molar refractivity (Wildman–Crippen MR) is 85.7 cm³/mol. The minimum Gasteiger partial charge on any atom is -0.504 e. The molecule has 1 aliphatic heterocycles. The van der Waals surface area contributed by atoms with E-state index in [0.29, 0.717) is 32.8 Å². The maximum Gasteiger partial charge on any atom is 0.290 e. The van der Waals surface area contributed by atoms with E-state index in [1.165, 1.54) is 12.1 Å². The molecule has 0 spiro atoms. The van der Waals surface area contributed by atoms with Crippen LogP contribution < -0.4 is 10.1 Å². The average Bonchev–Trinajstić information content (AvgIpc) is 2.52. The van der Waals surface area contributed by atoms with Gasteiger partial charge in [-0.25, -0.2) is 8.78 Å². The SMILES string of the molecule is CCOc1cccc([C@H](N2CCNCC2)C(F)(F)CO)c1O.Cl. The van der Waals surface area contributed by atoms with Crippen LogP contribution in [0.1, 0.15) is 18.5 Å². The molecule has 5 nitrogen and oxygen atoms in total. The van der Waals surface area contributed by atoms with Gasteiger partial charge in [-0.1, -0.05) is 12.1 Å². The van der Waals surface area contributed by atoms with Gasteiger partial charge in [0.1, 0.15) is 12.6 Å². The second-order valence-corrected chi connectivity index (χ2v) is 5.23. The Morgan fingerprint density at radius 2 is 2.00 bits per heavy atom. The maximum atomic E-state index is 14.3. The molecule has 0 bridgehead atoms. The highest BCUT2D eigenvalue weighted by Gasteiger charge is 2.45. The number of hydrogen-bond acceptors (Lipinski definition) is 5. The summed E-state index contributed by atoms with van der Waals surface area (Å²) in [6, 6.07) is 3.17. The standard InChI is InChI=1S/C15H22F2N2O3.ClH/c1-2-22-12-5-3-4-11(13(12)21)14(15(16,17)10-20)19-8-6-18-7-9-19;/h3-5,14,18,20-21H,2,6-10H2,1H3;1H/t14-;/m0./s1. The number of hydrogen-bond donors (Lipinski definition) is 3. The number of rotatable bonds is 6. The van der Waals surface area contributed by atoms with Crippen molar-refractivity contribution in [1.29, 1.82) is 0 Å². The van der Waals surface area contributed by atoms with Gasteiger partial charge in [0.2, 0.25) is 0 Å². The van der Waals surface area contributed by atoms with Crippen LogP contribution in [0.5, 0.6) is 11.5 Å². The Morgan fingerprint density at radius 1 is 1.35 bits per heavy atom. The quantitative estimate of drug-likeness (QED) is 0.728. The summed E-state index contributed by atoms with van der Waals surface area (Å²) in [5.74, 6) is -3.48. The van der Waals surface area contributed by atoms with E-state index in [0.717, 1.165) is 0 Å². The van der Waals surface area contributed by atoms with Crippen molar-refractivity contribution >= 4 is 12.4 Å². The average molecular weight is 353 g/mol. The Balaban J connectivity index is 0.00000264. The van der Waals surface area contributed by atoms with E-state index >= 15 is 0 Å². The van der Waals surface area contributed by atoms with Crippen LogP contribution in [-0.4, -0.2) is 60.4 Å². The van der Waals surface area contributed by atoms with Crippen LogP contribution in [0.25, 0.3) is 0 Å². The maximum absolute atomic E-state index is 14.3. The first-order valence-electron chi connectivity index (χ1n) is 7.39. The molecular formula is C15H23ClF2N2O3. The molecule has 8 heteroatoms. The topological polar surface area (TPSA) is 65.0 Å². The number of aromatic hydroxyl groups is 1. The minimum atomic E-state index is -3.36. The fraction of sp³-hybridized carbons (Fsp3) is 0.600. The third-order valence-corrected chi connectivity index (χ3v) is 3.75. The van der Waals surface area contributed by atoms with Crippen molar-refractivity contribution in [3.63, 3.8) is 0 Å². The number of para-hydroxylation sites is 1. The van der Waals surface area contributed by atoms with Crippen LogP contribution >= 0.6 is 12.4 Å². The molecule has 132 valence electrons. The molecule has 1 aliphatic rings. The molecular weight excluding hydrogens is 330 g/mol. The molecule has 0 amide bonds. The summed E-state index contributed by atoms with van der Waals surface area (Å²) in [4.78, 5) is 1.58. The highest BCUT2D eigenvalue weighted by molar-refractivity contribution is 5.85. The zero-order valence-electron chi connectivity index (χ0n) is 13.0. The van der Waals surface area contributed by atoms with Crippen molar-refractivity contribution in [2.24, 2.45) is 0 Å². The van der Waals surface area contributed by atoms with Crippen LogP contribution in [0, 0.1) is 0 Å². The van der Waals surface area contributed by atoms with E-state index in [2.05, 4.69) is 5.32 Å². The molecule has 1 atom stereocenters. The van der Waals surface area contributed by atoms with Gasteiger partial charge < -0.3 is 20.3 Å². The summed E-state index contributed by atoms with van der Waals surface area (Å²) < 4.78 is 33.9.